The van der Waals surface area contributed by atoms with Crippen molar-refractivity contribution in [3.05, 3.63) is 64.8 Å². The second-order valence-corrected chi connectivity index (χ2v) is 8.34. The van der Waals surface area contributed by atoms with E-state index >= 15 is 0 Å². The Bertz CT molecular complexity index is 1110. The Morgan fingerprint density at radius 1 is 1.24 bits per heavy atom. The monoisotopic (exact) mass is 392 g/mol. The van der Waals surface area contributed by atoms with Gasteiger partial charge in [0.2, 0.25) is 0 Å². The lowest BCUT2D eigenvalue weighted by molar-refractivity contribution is 0.0888. The summed E-state index contributed by atoms with van der Waals surface area (Å²) in [4.78, 5) is 33.8. The van der Waals surface area contributed by atoms with E-state index in [9.17, 15) is 9.59 Å². The highest BCUT2D eigenvalue weighted by molar-refractivity contribution is 6.03. The third-order valence-corrected chi connectivity index (χ3v) is 5.32. The molecule has 0 fully saturated rings. The molecule has 0 bridgehead atoms. The summed E-state index contributed by atoms with van der Waals surface area (Å²) < 4.78 is 7.71. The van der Waals surface area contributed by atoms with Crippen LogP contribution in [0.5, 0.6) is 0 Å². The van der Waals surface area contributed by atoms with Crippen molar-refractivity contribution in [3.8, 4) is 5.82 Å². The summed E-state index contributed by atoms with van der Waals surface area (Å²) in [6.45, 7) is 8.08. The third kappa shape index (κ3) is 3.60. The largest absolute Gasteiger partial charge is 0.455 e. The molecule has 0 radical (unpaired) electrons. The van der Waals surface area contributed by atoms with Crippen molar-refractivity contribution in [1.29, 1.82) is 0 Å². The molecule has 3 aromatic heterocycles. The Kier molecular flexibility index (Phi) is 4.61. The molecule has 7 nitrogen and oxygen atoms in total. The number of Topliss-reactive ketones (excluding diaryl/α,β-unsaturated/α-hetero) is 1. The molecule has 150 valence electrons. The van der Waals surface area contributed by atoms with Gasteiger partial charge < -0.3 is 9.73 Å². The Balaban J connectivity index is 1.52. The minimum Gasteiger partial charge on any atom is -0.455 e. The number of aromatic nitrogens is 3. The number of imidazole rings is 1. The van der Waals surface area contributed by atoms with Crippen LogP contribution in [0.25, 0.3) is 5.82 Å². The number of pyridine rings is 1. The Morgan fingerprint density at radius 2 is 2.03 bits per heavy atom. The average Bonchev–Trinajstić information content (AvgIpc) is 3.22. The molecule has 1 N–H and O–H groups in total. The lowest BCUT2D eigenvalue weighted by atomic mass is 9.76. The highest BCUT2D eigenvalue weighted by Gasteiger charge is 2.37. The maximum atomic E-state index is 12.7. The van der Waals surface area contributed by atoms with Crippen LogP contribution in [0, 0.1) is 19.3 Å². The second kappa shape index (κ2) is 6.99. The smallest absolute Gasteiger partial charge is 0.287 e. The molecule has 0 saturated heterocycles. The summed E-state index contributed by atoms with van der Waals surface area (Å²) in [5.74, 6) is 2.15. The van der Waals surface area contributed by atoms with E-state index in [1.54, 1.807) is 19.3 Å². The number of hydrogen-bond acceptors (Lipinski definition) is 5. The van der Waals surface area contributed by atoms with Gasteiger partial charge in [-0.2, -0.15) is 0 Å². The fraction of sp³-hybridized carbons (Fsp3) is 0.364. The predicted molar refractivity (Wildman–Crippen MR) is 107 cm³/mol. The van der Waals surface area contributed by atoms with Crippen molar-refractivity contribution >= 4 is 11.7 Å². The number of ketones is 1. The molecule has 1 aliphatic rings. The summed E-state index contributed by atoms with van der Waals surface area (Å²) in [5.41, 5.74) is 1.96. The molecule has 1 aliphatic carbocycles. The standard InChI is InChI=1S/C22H24N4O3/c1-13-19-16(27)10-22(3,4)11-17(19)29-20(13)21(28)25-12-15-5-6-24-18(9-15)26-8-7-23-14(26)2/h5-9H,10-12H2,1-4H3,(H,25,28). The molecule has 3 heterocycles. The lowest BCUT2D eigenvalue weighted by Gasteiger charge is -2.27. The van der Waals surface area contributed by atoms with Gasteiger partial charge in [-0.25, -0.2) is 9.97 Å². The Labute approximate surface area is 169 Å². The normalized spacial score (nSPS) is 15.2. The fourth-order valence-corrected chi connectivity index (χ4v) is 3.88. The van der Waals surface area contributed by atoms with Gasteiger partial charge in [-0.15, -0.1) is 0 Å². The molecule has 29 heavy (non-hydrogen) atoms. The molecule has 0 atom stereocenters. The molecule has 0 aliphatic heterocycles. The zero-order valence-corrected chi connectivity index (χ0v) is 17.1. The minimum atomic E-state index is -0.320. The van der Waals surface area contributed by atoms with E-state index in [1.165, 1.54) is 0 Å². The van der Waals surface area contributed by atoms with Crippen molar-refractivity contribution < 1.29 is 14.0 Å². The van der Waals surface area contributed by atoms with Gasteiger partial charge in [0.05, 0.1) is 5.56 Å². The van der Waals surface area contributed by atoms with E-state index in [0.29, 0.717) is 36.3 Å². The van der Waals surface area contributed by atoms with Crippen molar-refractivity contribution in [2.24, 2.45) is 5.41 Å². The van der Waals surface area contributed by atoms with Crippen LogP contribution < -0.4 is 5.32 Å². The number of aryl methyl sites for hydroxylation is 1. The van der Waals surface area contributed by atoms with Crippen LogP contribution in [0.2, 0.25) is 0 Å². The summed E-state index contributed by atoms with van der Waals surface area (Å²) >= 11 is 0. The van der Waals surface area contributed by atoms with E-state index in [0.717, 1.165) is 17.2 Å². The van der Waals surface area contributed by atoms with Crippen LogP contribution in [-0.2, 0) is 13.0 Å². The first-order valence-corrected chi connectivity index (χ1v) is 9.64. The van der Waals surface area contributed by atoms with Crippen molar-refractivity contribution in [3.63, 3.8) is 0 Å². The Hall–Kier alpha value is -3.22. The number of nitrogens with one attached hydrogen (secondary N) is 1. The van der Waals surface area contributed by atoms with Gasteiger partial charge in [0.1, 0.15) is 17.4 Å². The fourth-order valence-electron chi connectivity index (χ4n) is 3.88. The van der Waals surface area contributed by atoms with Crippen LogP contribution in [0.4, 0.5) is 0 Å². The molecule has 7 heteroatoms. The maximum Gasteiger partial charge on any atom is 0.287 e. The Morgan fingerprint density at radius 3 is 2.76 bits per heavy atom. The van der Waals surface area contributed by atoms with E-state index in [1.807, 2.05) is 43.7 Å². The molecular weight excluding hydrogens is 368 g/mol. The molecule has 3 aromatic rings. The summed E-state index contributed by atoms with van der Waals surface area (Å²) in [6, 6.07) is 3.75. The molecular formula is C22H24N4O3. The van der Waals surface area contributed by atoms with Gasteiger partial charge >= 0.3 is 0 Å². The average molecular weight is 392 g/mol. The maximum absolute atomic E-state index is 12.7. The molecule has 0 saturated carbocycles. The first kappa shape index (κ1) is 19.1. The number of furan rings is 1. The van der Waals surface area contributed by atoms with Gasteiger partial charge in [0.15, 0.2) is 11.5 Å². The number of fused-ring (bicyclic) bond motifs is 1. The van der Waals surface area contributed by atoms with Crippen molar-refractivity contribution in [2.45, 2.75) is 47.1 Å². The minimum absolute atomic E-state index is 0.0472. The van der Waals surface area contributed by atoms with Crippen LogP contribution in [0.15, 0.2) is 35.1 Å². The highest BCUT2D eigenvalue weighted by atomic mass is 16.4. The zero-order valence-electron chi connectivity index (χ0n) is 17.1. The quantitative estimate of drug-likeness (QED) is 0.733. The van der Waals surface area contributed by atoms with Crippen molar-refractivity contribution in [2.75, 3.05) is 0 Å². The number of rotatable bonds is 4. The first-order valence-electron chi connectivity index (χ1n) is 9.64. The lowest BCUT2D eigenvalue weighted by Crippen LogP contribution is -2.26. The van der Waals surface area contributed by atoms with Crippen LogP contribution >= 0.6 is 0 Å². The van der Waals surface area contributed by atoms with Crippen LogP contribution in [-0.4, -0.2) is 26.2 Å². The number of carbonyl (C=O) groups is 2. The molecule has 0 unspecified atom stereocenters. The van der Waals surface area contributed by atoms with Gasteiger partial charge in [-0.3, -0.25) is 14.2 Å². The second-order valence-electron chi connectivity index (χ2n) is 8.34. The number of nitrogens with zero attached hydrogens (tertiary/aromatic N) is 3. The van der Waals surface area contributed by atoms with Gasteiger partial charge in [0.25, 0.3) is 5.91 Å². The van der Waals surface area contributed by atoms with E-state index in [2.05, 4.69) is 15.3 Å². The van der Waals surface area contributed by atoms with Gasteiger partial charge in [0, 0.05) is 43.5 Å². The number of carbonyl (C=O) groups excluding carboxylic acids is 2. The molecule has 4 rings (SSSR count). The van der Waals surface area contributed by atoms with Crippen LogP contribution in [0.3, 0.4) is 0 Å². The molecule has 1 amide bonds. The predicted octanol–water partition coefficient (Wildman–Crippen LogP) is 3.56. The molecule has 0 aromatic carbocycles. The summed E-state index contributed by atoms with van der Waals surface area (Å²) in [6.07, 6.45) is 6.38. The third-order valence-electron chi connectivity index (χ3n) is 5.32. The van der Waals surface area contributed by atoms with E-state index < -0.39 is 0 Å². The zero-order chi connectivity index (χ0) is 20.8. The van der Waals surface area contributed by atoms with Crippen LogP contribution in [0.1, 0.15) is 63.9 Å². The topological polar surface area (TPSA) is 90.0 Å². The summed E-state index contributed by atoms with van der Waals surface area (Å²) in [5, 5.41) is 2.89. The van der Waals surface area contributed by atoms with Gasteiger partial charge in [-0.05, 0) is 37.0 Å². The summed E-state index contributed by atoms with van der Waals surface area (Å²) in [7, 11) is 0. The highest BCUT2D eigenvalue weighted by Crippen LogP contribution is 2.38. The number of amides is 1. The molecule has 0 spiro atoms. The number of hydrogen-bond donors (Lipinski definition) is 1. The van der Waals surface area contributed by atoms with E-state index in [4.69, 9.17) is 4.42 Å². The van der Waals surface area contributed by atoms with Crippen molar-refractivity contribution in [1.82, 2.24) is 19.9 Å². The first-order chi connectivity index (χ1) is 13.7. The van der Waals surface area contributed by atoms with E-state index in [-0.39, 0.29) is 22.9 Å². The van der Waals surface area contributed by atoms with Gasteiger partial charge in [-0.1, -0.05) is 13.8 Å². The SMILES string of the molecule is Cc1c(C(=O)NCc2ccnc(-n3ccnc3C)c2)oc2c1C(=O)CC(C)(C)C2.